The van der Waals surface area contributed by atoms with Crippen LogP contribution < -0.4 is 10.4 Å². The molecule has 0 aromatic heterocycles. The molecule has 0 aliphatic carbocycles. The average molecular weight is 320 g/mol. The number of halogens is 2. The number of hydrogen-bond acceptors (Lipinski definition) is 4. The predicted molar refractivity (Wildman–Crippen MR) is 84.3 cm³/mol. The van der Waals surface area contributed by atoms with Gasteiger partial charge in [0.25, 0.3) is 0 Å². The van der Waals surface area contributed by atoms with Crippen LogP contribution in [0.1, 0.15) is 25.0 Å². The summed E-state index contributed by atoms with van der Waals surface area (Å²) in [6.07, 6.45) is 2.86. The van der Waals surface area contributed by atoms with Gasteiger partial charge in [-0.2, -0.15) is 21.0 Å². The Hall–Kier alpha value is -3.74. The van der Waals surface area contributed by atoms with Crippen molar-refractivity contribution in [3.8, 4) is 24.3 Å². The van der Waals surface area contributed by atoms with E-state index in [0.717, 1.165) is 0 Å². The highest BCUT2D eigenvalue weighted by atomic mass is 19.2. The van der Waals surface area contributed by atoms with E-state index in [2.05, 4.69) is 6.58 Å². The molecule has 0 atom stereocenters. The lowest BCUT2D eigenvalue weighted by atomic mass is 9.92. The molecule has 0 fully saturated rings. The van der Waals surface area contributed by atoms with Crippen molar-refractivity contribution in [2.75, 3.05) is 0 Å². The largest absolute Gasteiger partial charge is 0.203 e. The second-order valence-corrected chi connectivity index (χ2v) is 4.64. The molecule has 0 bridgehead atoms. The Labute approximate surface area is 137 Å². The lowest BCUT2D eigenvalue weighted by molar-refractivity contribution is 0.496. The van der Waals surface area contributed by atoms with Gasteiger partial charge in [-0.3, -0.25) is 0 Å². The SMILES string of the molecule is C=C(C)c1c(/C=C/C)c(=C(C#N)C#N)c(F)c(F)c1=C(C#N)C#N. The summed E-state index contributed by atoms with van der Waals surface area (Å²) in [5, 5.41) is 35.1. The maximum absolute atomic E-state index is 14.6. The molecule has 1 rings (SSSR count). The molecule has 116 valence electrons. The van der Waals surface area contributed by atoms with Crippen molar-refractivity contribution in [2.45, 2.75) is 13.8 Å². The van der Waals surface area contributed by atoms with Crippen LogP contribution in [0.3, 0.4) is 0 Å². The van der Waals surface area contributed by atoms with Crippen molar-refractivity contribution >= 4 is 22.8 Å². The smallest absolute Gasteiger partial charge is 0.169 e. The molecule has 1 aromatic rings. The summed E-state index contributed by atoms with van der Waals surface area (Å²) in [5.41, 5.74) is -0.985. The van der Waals surface area contributed by atoms with Crippen LogP contribution in [-0.2, 0) is 0 Å². The molecular formula is C18H10F2N4. The molecule has 0 saturated carbocycles. The van der Waals surface area contributed by atoms with Gasteiger partial charge >= 0.3 is 0 Å². The quantitative estimate of drug-likeness (QED) is 0.836. The third-order valence-electron chi connectivity index (χ3n) is 3.13. The molecule has 4 nitrogen and oxygen atoms in total. The van der Waals surface area contributed by atoms with Crippen LogP contribution in [0.4, 0.5) is 8.78 Å². The minimum Gasteiger partial charge on any atom is -0.203 e. The van der Waals surface area contributed by atoms with Crippen molar-refractivity contribution in [1.82, 2.24) is 0 Å². The summed E-state index contributed by atoms with van der Waals surface area (Å²) in [6.45, 7) is 6.76. The average Bonchev–Trinajstić information content (AvgIpc) is 2.56. The number of rotatable bonds is 2. The van der Waals surface area contributed by atoms with Gasteiger partial charge in [-0.05, 0) is 30.5 Å². The summed E-state index contributed by atoms with van der Waals surface area (Å²) in [5.74, 6) is -2.94. The molecule has 0 saturated heterocycles. The van der Waals surface area contributed by atoms with Crippen LogP contribution in [0.5, 0.6) is 0 Å². The molecule has 0 spiro atoms. The van der Waals surface area contributed by atoms with E-state index in [9.17, 15) is 8.78 Å². The molecule has 1 aromatic carbocycles. The normalized spacial score (nSPS) is 9.50. The molecule has 0 N–H and O–H groups in total. The first kappa shape index (κ1) is 18.3. The first-order chi connectivity index (χ1) is 11.4. The lowest BCUT2D eigenvalue weighted by Gasteiger charge is -2.11. The van der Waals surface area contributed by atoms with Crippen LogP contribution in [0, 0.1) is 57.0 Å². The Kier molecular flexibility index (Phi) is 5.72. The summed E-state index contributed by atoms with van der Waals surface area (Å²) < 4.78 is 29.1. The van der Waals surface area contributed by atoms with Crippen LogP contribution in [0.15, 0.2) is 12.7 Å². The maximum Gasteiger partial charge on any atom is 0.169 e. The van der Waals surface area contributed by atoms with E-state index in [-0.39, 0.29) is 16.7 Å². The molecule has 0 aliphatic heterocycles. The first-order valence-corrected chi connectivity index (χ1v) is 6.58. The van der Waals surface area contributed by atoms with Gasteiger partial charge < -0.3 is 0 Å². The number of benzene rings is 1. The predicted octanol–water partition coefficient (Wildman–Crippen LogP) is 2.43. The van der Waals surface area contributed by atoms with Crippen molar-refractivity contribution < 1.29 is 8.78 Å². The molecule has 24 heavy (non-hydrogen) atoms. The van der Waals surface area contributed by atoms with E-state index in [0.29, 0.717) is 0 Å². The van der Waals surface area contributed by atoms with Crippen LogP contribution in [0.2, 0.25) is 0 Å². The van der Waals surface area contributed by atoms with Crippen LogP contribution in [-0.4, -0.2) is 0 Å². The number of nitrogens with zero attached hydrogens (tertiary/aromatic N) is 4. The lowest BCUT2D eigenvalue weighted by Crippen LogP contribution is -2.30. The Morgan fingerprint density at radius 1 is 0.917 bits per heavy atom. The maximum atomic E-state index is 14.6. The Bertz CT molecular complexity index is 1020. The third-order valence-corrected chi connectivity index (χ3v) is 3.13. The van der Waals surface area contributed by atoms with Gasteiger partial charge in [0.1, 0.15) is 35.4 Å². The van der Waals surface area contributed by atoms with Gasteiger partial charge in [-0.25, -0.2) is 8.78 Å². The van der Waals surface area contributed by atoms with Gasteiger partial charge in [0, 0.05) is 10.4 Å². The highest BCUT2D eigenvalue weighted by molar-refractivity contribution is 5.84. The van der Waals surface area contributed by atoms with Crippen molar-refractivity contribution in [1.29, 1.82) is 21.0 Å². The monoisotopic (exact) mass is 320 g/mol. The van der Waals surface area contributed by atoms with E-state index in [1.54, 1.807) is 6.92 Å². The Morgan fingerprint density at radius 2 is 1.33 bits per heavy atom. The summed E-state index contributed by atoms with van der Waals surface area (Å²) in [4.78, 5) is 0. The van der Waals surface area contributed by atoms with E-state index < -0.39 is 33.2 Å². The zero-order valence-electron chi connectivity index (χ0n) is 12.9. The summed E-state index contributed by atoms with van der Waals surface area (Å²) >= 11 is 0. The summed E-state index contributed by atoms with van der Waals surface area (Å²) in [7, 11) is 0. The highest BCUT2D eigenvalue weighted by Gasteiger charge is 2.21. The molecule has 0 unspecified atom stereocenters. The number of allylic oxidation sites excluding steroid dienone is 2. The van der Waals surface area contributed by atoms with Crippen LogP contribution >= 0.6 is 0 Å². The standard InChI is InChI=1S/C18H10F2N4/c1-4-5-13-14(10(2)3)16(12(8-23)9-24)18(20)17(19)15(13)11(6-21)7-22/h4-5H,2H2,1,3H3/b5-4+. The molecule has 0 heterocycles. The van der Waals surface area contributed by atoms with E-state index in [4.69, 9.17) is 21.0 Å². The molecule has 0 radical (unpaired) electrons. The van der Waals surface area contributed by atoms with Crippen LogP contribution in [0.25, 0.3) is 22.8 Å². The van der Waals surface area contributed by atoms with E-state index in [1.165, 1.54) is 43.4 Å². The first-order valence-electron chi connectivity index (χ1n) is 6.58. The van der Waals surface area contributed by atoms with Crippen molar-refractivity contribution in [3.05, 3.63) is 45.9 Å². The van der Waals surface area contributed by atoms with Gasteiger partial charge in [0.15, 0.2) is 11.6 Å². The molecule has 0 aliphatic rings. The second-order valence-electron chi connectivity index (χ2n) is 4.64. The fourth-order valence-corrected chi connectivity index (χ4v) is 2.24. The van der Waals surface area contributed by atoms with E-state index >= 15 is 0 Å². The summed E-state index contributed by atoms with van der Waals surface area (Å²) in [6, 6.07) is 6.10. The van der Waals surface area contributed by atoms with Crippen molar-refractivity contribution in [2.24, 2.45) is 0 Å². The van der Waals surface area contributed by atoms with Gasteiger partial charge in [0.2, 0.25) is 0 Å². The number of nitriles is 4. The van der Waals surface area contributed by atoms with Crippen molar-refractivity contribution in [3.63, 3.8) is 0 Å². The highest BCUT2D eigenvalue weighted by Crippen LogP contribution is 2.17. The number of hydrogen-bond donors (Lipinski definition) is 0. The van der Waals surface area contributed by atoms with E-state index in [1.807, 2.05) is 0 Å². The minimum absolute atomic E-state index is 0.00287. The van der Waals surface area contributed by atoms with Gasteiger partial charge in [0.05, 0.1) is 0 Å². The fraction of sp³-hybridized carbons (Fsp3) is 0.111. The second kappa shape index (κ2) is 7.50. The Morgan fingerprint density at radius 3 is 1.71 bits per heavy atom. The minimum atomic E-state index is -1.47. The van der Waals surface area contributed by atoms with Gasteiger partial charge in [-0.15, -0.1) is 0 Å². The molecular weight excluding hydrogens is 310 g/mol. The Balaban J connectivity index is 4.68. The molecule has 6 heteroatoms. The zero-order chi connectivity index (χ0) is 18.4. The molecule has 0 amide bonds. The third kappa shape index (κ3) is 2.91. The van der Waals surface area contributed by atoms with Gasteiger partial charge in [-0.1, -0.05) is 18.7 Å². The topological polar surface area (TPSA) is 95.2 Å². The zero-order valence-corrected chi connectivity index (χ0v) is 12.9. The fourth-order valence-electron chi connectivity index (χ4n) is 2.24.